The average molecular weight is 412 g/mol. The number of hydrogen-bond donors (Lipinski definition) is 0. The topological polar surface area (TPSA) is 38.1 Å². The molecule has 1 aromatic heterocycles. The molecule has 0 aliphatic carbocycles. The van der Waals surface area contributed by atoms with Gasteiger partial charge in [-0.2, -0.15) is 0 Å². The van der Waals surface area contributed by atoms with Crippen LogP contribution in [0.15, 0.2) is 66.7 Å². The Morgan fingerprint density at radius 3 is 2.26 bits per heavy atom. The van der Waals surface area contributed by atoms with Crippen molar-refractivity contribution in [3.05, 3.63) is 94.8 Å². The zero-order valence-corrected chi connectivity index (χ0v) is 18.7. The third kappa shape index (κ3) is 4.11. The zero-order chi connectivity index (χ0) is 22.0. The highest BCUT2D eigenvalue weighted by Gasteiger charge is 2.22. The lowest BCUT2D eigenvalue weighted by Crippen LogP contribution is -2.33. The molecule has 0 atom stereocenters. The van der Waals surface area contributed by atoms with Crippen LogP contribution in [0.25, 0.3) is 16.7 Å². The van der Waals surface area contributed by atoms with E-state index in [0.717, 1.165) is 45.7 Å². The highest BCUT2D eigenvalue weighted by atomic mass is 16.2. The number of benzene rings is 3. The molecule has 0 saturated heterocycles. The summed E-state index contributed by atoms with van der Waals surface area (Å²) in [5.74, 6) is 0.945. The number of amides is 1. The van der Waals surface area contributed by atoms with Gasteiger partial charge in [-0.1, -0.05) is 55.0 Å². The average Bonchev–Trinajstić information content (AvgIpc) is 3.11. The monoisotopic (exact) mass is 411 g/mol. The van der Waals surface area contributed by atoms with Gasteiger partial charge in [0.2, 0.25) is 0 Å². The standard InChI is InChI=1S/C27H29N3O/c1-5-15-29(27(31)26-20(3)16-19(2)17-21(26)4)18-25-28-23-13-9-10-14-24(23)30(25)22-11-7-6-8-12-22/h6-14,16-17H,5,15,18H2,1-4H3. The highest BCUT2D eigenvalue weighted by Crippen LogP contribution is 2.24. The molecule has 0 radical (unpaired) electrons. The van der Waals surface area contributed by atoms with E-state index in [2.05, 4.69) is 48.7 Å². The molecule has 0 aliphatic heterocycles. The van der Waals surface area contributed by atoms with Gasteiger partial charge in [-0.3, -0.25) is 9.36 Å². The summed E-state index contributed by atoms with van der Waals surface area (Å²) in [5.41, 5.74) is 7.09. The van der Waals surface area contributed by atoms with Crippen molar-refractivity contribution >= 4 is 16.9 Å². The first kappa shape index (κ1) is 20.9. The van der Waals surface area contributed by atoms with Crippen molar-refractivity contribution in [3.8, 4) is 5.69 Å². The minimum atomic E-state index is 0.0727. The van der Waals surface area contributed by atoms with Gasteiger partial charge < -0.3 is 4.90 Å². The molecule has 0 spiro atoms. The van der Waals surface area contributed by atoms with Crippen LogP contribution in [0.1, 0.15) is 46.2 Å². The Morgan fingerprint density at radius 1 is 0.935 bits per heavy atom. The highest BCUT2D eigenvalue weighted by molar-refractivity contribution is 5.97. The van der Waals surface area contributed by atoms with Crippen molar-refractivity contribution in [2.45, 2.75) is 40.7 Å². The molecule has 3 aromatic carbocycles. The second-order valence-corrected chi connectivity index (χ2v) is 8.19. The Labute approximate surface area is 184 Å². The number of aryl methyl sites for hydroxylation is 3. The van der Waals surface area contributed by atoms with Crippen LogP contribution in [0.4, 0.5) is 0 Å². The third-order valence-corrected chi connectivity index (χ3v) is 5.65. The van der Waals surface area contributed by atoms with Crippen LogP contribution in [0.3, 0.4) is 0 Å². The molecule has 0 aliphatic rings. The summed E-state index contributed by atoms with van der Waals surface area (Å²) in [4.78, 5) is 20.5. The number of carbonyl (C=O) groups is 1. The normalized spacial score (nSPS) is 11.1. The predicted molar refractivity (Wildman–Crippen MR) is 127 cm³/mol. The molecule has 0 bridgehead atoms. The molecule has 1 amide bonds. The quantitative estimate of drug-likeness (QED) is 0.390. The Bertz CT molecular complexity index is 1200. The lowest BCUT2D eigenvalue weighted by molar-refractivity contribution is 0.0737. The second-order valence-electron chi connectivity index (χ2n) is 8.19. The van der Waals surface area contributed by atoms with Crippen LogP contribution >= 0.6 is 0 Å². The summed E-state index contributed by atoms with van der Waals surface area (Å²) in [6, 6.07) is 22.5. The smallest absolute Gasteiger partial charge is 0.254 e. The number of imidazole rings is 1. The van der Waals surface area contributed by atoms with E-state index in [1.165, 1.54) is 5.56 Å². The Balaban J connectivity index is 1.78. The Kier molecular flexibility index (Phi) is 5.90. The first-order chi connectivity index (χ1) is 15.0. The molecule has 0 unspecified atom stereocenters. The zero-order valence-electron chi connectivity index (χ0n) is 18.7. The van der Waals surface area contributed by atoms with Crippen LogP contribution in [-0.2, 0) is 6.54 Å². The minimum Gasteiger partial charge on any atom is -0.331 e. The summed E-state index contributed by atoms with van der Waals surface area (Å²) < 4.78 is 2.17. The maximum Gasteiger partial charge on any atom is 0.254 e. The van der Waals surface area contributed by atoms with Gasteiger partial charge in [0.25, 0.3) is 5.91 Å². The van der Waals surface area contributed by atoms with Crippen molar-refractivity contribution in [3.63, 3.8) is 0 Å². The van der Waals surface area contributed by atoms with E-state index in [1.54, 1.807) is 0 Å². The molecule has 158 valence electrons. The van der Waals surface area contributed by atoms with Crippen molar-refractivity contribution in [2.75, 3.05) is 6.54 Å². The molecule has 1 heterocycles. The summed E-state index contributed by atoms with van der Waals surface area (Å²) in [7, 11) is 0. The number of aromatic nitrogens is 2. The summed E-state index contributed by atoms with van der Waals surface area (Å²) in [6.07, 6.45) is 0.890. The number of hydrogen-bond acceptors (Lipinski definition) is 2. The first-order valence-corrected chi connectivity index (χ1v) is 10.9. The van der Waals surface area contributed by atoms with Gasteiger partial charge in [0, 0.05) is 17.8 Å². The number of para-hydroxylation sites is 3. The molecule has 0 N–H and O–H groups in total. The van der Waals surface area contributed by atoms with E-state index in [0.29, 0.717) is 13.1 Å². The molecule has 4 aromatic rings. The van der Waals surface area contributed by atoms with Gasteiger partial charge in [-0.15, -0.1) is 0 Å². The van der Waals surface area contributed by atoms with Crippen molar-refractivity contribution < 1.29 is 4.79 Å². The third-order valence-electron chi connectivity index (χ3n) is 5.65. The van der Waals surface area contributed by atoms with Gasteiger partial charge in [0.05, 0.1) is 17.6 Å². The lowest BCUT2D eigenvalue weighted by Gasteiger charge is -2.24. The van der Waals surface area contributed by atoms with E-state index in [-0.39, 0.29) is 5.91 Å². The number of nitrogens with zero attached hydrogens (tertiary/aromatic N) is 3. The number of carbonyl (C=O) groups excluding carboxylic acids is 1. The Morgan fingerprint density at radius 2 is 1.58 bits per heavy atom. The molecule has 4 rings (SSSR count). The molecular formula is C27H29N3O. The second kappa shape index (κ2) is 8.76. The van der Waals surface area contributed by atoms with Crippen molar-refractivity contribution in [1.82, 2.24) is 14.5 Å². The van der Waals surface area contributed by atoms with Crippen LogP contribution in [0.5, 0.6) is 0 Å². The van der Waals surface area contributed by atoms with Crippen LogP contribution in [0.2, 0.25) is 0 Å². The molecule has 0 saturated carbocycles. The summed E-state index contributed by atoms with van der Waals surface area (Å²) in [5, 5.41) is 0. The van der Waals surface area contributed by atoms with Gasteiger partial charge >= 0.3 is 0 Å². The number of rotatable bonds is 6. The SMILES string of the molecule is CCCN(Cc1nc2ccccc2n1-c1ccccc1)C(=O)c1c(C)cc(C)cc1C. The van der Waals surface area contributed by atoms with Crippen molar-refractivity contribution in [1.29, 1.82) is 0 Å². The summed E-state index contributed by atoms with van der Waals surface area (Å²) in [6.45, 7) is 9.37. The molecule has 31 heavy (non-hydrogen) atoms. The van der Waals surface area contributed by atoms with E-state index in [9.17, 15) is 4.79 Å². The Hall–Kier alpha value is -3.40. The van der Waals surface area contributed by atoms with Gasteiger partial charge in [0.1, 0.15) is 5.82 Å². The van der Waals surface area contributed by atoms with Crippen LogP contribution in [-0.4, -0.2) is 26.9 Å². The van der Waals surface area contributed by atoms with Gasteiger partial charge in [0.15, 0.2) is 0 Å². The van der Waals surface area contributed by atoms with Crippen molar-refractivity contribution in [2.24, 2.45) is 0 Å². The van der Waals surface area contributed by atoms with Crippen LogP contribution in [0, 0.1) is 20.8 Å². The summed E-state index contributed by atoms with van der Waals surface area (Å²) >= 11 is 0. The van der Waals surface area contributed by atoms with E-state index in [1.807, 2.05) is 55.1 Å². The fourth-order valence-electron chi connectivity index (χ4n) is 4.42. The van der Waals surface area contributed by atoms with E-state index >= 15 is 0 Å². The molecule has 0 fully saturated rings. The fraction of sp³-hybridized carbons (Fsp3) is 0.259. The fourth-order valence-corrected chi connectivity index (χ4v) is 4.42. The first-order valence-electron chi connectivity index (χ1n) is 10.9. The largest absolute Gasteiger partial charge is 0.331 e. The maximum atomic E-state index is 13.6. The number of fused-ring (bicyclic) bond motifs is 1. The van der Waals surface area contributed by atoms with E-state index in [4.69, 9.17) is 4.98 Å². The maximum absolute atomic E-state index is 13.6. The van der Waals surface area contributed by atoms with Crippen LogP contribution < -0.4 is 0 Å². The predicted octanol–water partition coefficient (Wildman–Crippen LogP) is 6.00. The molecule has 4 heteroatoms. The molecule has 4 nitrogen and oxygen atoms in total. The van der Waals surface area contributed by atoms with Gasteiger partial charge in [-0.25, -0.2) is 4.98 Å². The van der Waals surface area contributed by atoms with E-state index < -0.39 is 0 Å². The molecular weight excluding hydrogens is 382 g/mol. The lowest BCUT2D eigenvalue weighted by atomic mass is 9.98. The van der Waals surface area contributed by atoms with Gasteiger partial charge in [-0.05, 0) is 62.6 Å². The minimum absolute atomic E-state index is 0.0727.